The molecular weight excluding hydrogens is 651 g/mol. The third-order valence-corrected chi connectivity index (χ3v) is 10.3. The van der Waals surface area contributed by atoms with E-state index in [0.29, 0.717) is 6.42 Å². The Morgan fingerprint density at radius 2 is 0.880 bits per heavy atom. The smallest absolute Gasteiger partial charge is 0.462 e. The fourth-order valence-electron chi connectivity index (χ4n) is 6.30. The van der Waals surface area contributed by atoms with Gasteiger partial charge < -0.3 is 19.3 Å². The number of hydrogen-bond donors (Lipinski definition) is 2. The molecular formula is C41H81O8P. The van der Waals surface area contributed by atoms with E-state index in [9.17, 15) is 14.2 Å². The van der Waals surface area contributed by atoms with Crippen LogP contribution in [0.4, 0.5) is 0 Å². The second kappa shape index (κ2) is 35.1. The molecule has 0 bridgehead atoms. The summed E-state index contributed by atoms with van der Waals surface area (Å²) in [7, 11) is -4.74. The number of unbranched alkanes of at least 4 members (excludes halogenated alkanes) is 23. The highest BCUT2D eigenvalue weighted by Gasteiger charge is 2.23. The van der Waals surface area contributed by atoms with E-state index < -0.39 is 32.5 Å². The van der Waals surface area contributed by atoms with Gasteiger partial charge in [0.05, 0.1) is 6.61 Å². The molecule has 8 nitrogen and oxygen atoms in total. The molecule has 0 aliphatic carbocycles. The Labute approximate surface area is 308 Å². The molecule has 0 aromatic rings. The molecule has 2 atom stereocenters. The summed E-state index contributed by atoms with van der Waals surface area (Å²) in [6.45, 7) is 8.36. The monoisotopic (exact) mass is 733 g/mol. The van der Waals surface area contributed by atoms with E-state index in [0.717, 1.165) is 43.9 Å². The standard InChI is InChI=1S/C41H81O8P/c1-5-38(4)32-28-24-20-16-14-12-10-8-6-7-9-11-13-15-17-21-26-30-34-41(43)49-39(36-48-50(44,45)46)35-47-40(42)33-29-25-22-18-19-23-27-31-37(2)3/h37-39H,5-36H2,1-4H3,(H2,44,45,46)/t38?,39-/m1/s1. The van der Waals surface area contributed by atoms with Gasteiger partial charge in [0.2, 0.25) is 0 Å². The van der Waals surface area contributed by atoms with E-state index in [1.165, 1.54) is 141 Å². The largest absolute Gasteiger partial charge is 0.469 e. The molecule has 9 heteroatoms. The lowest BCUT2D eigenvalue weighted by Crippen LogP contribution is -2.29. The van der Waals surface area contributed by atoms with Gasteiger partial charge in [-0.1, -0.05) is 195 Å². The lowest BCUT2D eigenvalue weighted by Gasteiger charge is -2.18. The second-order valence-corrected chi connectivity index (χ2v) is 16.6. The first-order valence-electron chi connectivity index (χ1n) is 21.1. The normalized spacial score (nSPS) is 13.1. The van der Waals surface area contributed by atoms with Crippen molar-refractivity contribution in [2.45, 2.75) is 226 Å². The maximum Gasteiger partial charge on any atom is 0.469 e. The van der Waals surface area contributed by atoms with Crippen LogP contribution in [0.2, 0.25) is 0 Å². The summed E-state index contributed by atoms with van der Waals surface area (Å²) in [5.74, 6) is 0.784. The lowest BCUT2D eigenvalue weighted by molar-refractivity contribution is -0.161. The van der Waals surface area contributed by atoms with Crippen LogP contribution in [-0.4, -0.2) is 41.0 Å². The second-order valence-electron chi connectivity index (χ2n) is 15.4. The summed E-state index contributed by atoms with van der Waals surface area (Å²) >= 11 is 0. The Kier molecular flexibility index (Phi) is 34.4. The zero-order chi connectivity index (χ0) is 37.1. The summed E-state index contributed by atoms with van der Waals surface area (Å²) in [5.41, 5.74) is 0. The van der Waals surface area contributed by atoms with E-state index in [2.05, 4.69) is 32.2 Å². The molecule has 2 N–H and O–H groups in total. The van der Waals surface area contributed by atoms with Crippen molar-refractivity contribution in [3.8, 4) is 0 Å². The summed E-state index contributed by atoms with van der Waals surface area (Å²) in [5, 5.41) is 0. The first kappa shape index (κ1) is 49.0. The lowest BCUT2D eigenvalue weighted by atomic mass is 9.99. The molecule has 0 aromatic carbocycles. The van der Waals surface area contributed by atoms with Gasteiger partial charge in [0.15, 0.2) is 6.10 Å². The zero-order valence-electron chi connectivity index (χ0n) is 33.2. The fourth-order valence-corrected chi connectivity index (χ4v) is 6.66. The molecule has 0 heterocycles. The number of ether oxygens (including phenoxy) is 2. The van der Waals surface area contributed by atoms with Gasteiger partial charge in [0.25, 0.3) is 0 Å². The van der Waals surface area contributed by atoms with E-state index in [1.54, 1.807) is 0 Å². The van der Waals surface area contributed by atoms with Gasteiger partial charge in [-0.25, -0.2) is 4.57 Å². The third kappa shape index (κ3) is 38.3. The van der Waals surface area contributed by atoms with Crippen LogP contribution in [0.25, 0.3) is 0 Å². The molecule has 0 radical (unpaired) electrons. The molecule has 0 aromatic heterocycles. The minimum Gasteiger partial charge on any atom is -0.462 e. The van der Waals surface area contributed by atoms with Crippen molar-refractivity contribution >= 4 is 19.8 Å². The predicted molar refractivity (Wildman–Crippen MR) is 207 cm³/mol. The van der Waals surface area contributed by atoms with Crippen molar-refractivity contribution in [1.29, 1.82) is 0 Å². The van der Waals surface area contributed by atoms with E-state index in [1.807, 2.05) is 0 Å². The molecule has 0 spiro atoms. The molecule has 0 aliphatic rings. The Morgan fingerprint density at radius 1 is 0.520 bits per heavy atom. The van der Waals surface area contributed by atoms with Crippen molar-refractivity contribution in [3.63, 3.8) is 0 Å². The van der Waals surface area contributed by atoms with E-state index >= 15 is 0 Å². The average molecular weight is 733 g/mol. The molecule has 0 aliphatic heterocycles. The molecule has 1 unspecified atom stereocenters. The number of esters is 2. The Bertz CT molecular complexity index is 814. The molecule has 0 rings (SSSR count). The number of phosphoric ester groups is 1. The SMILES string of the molecule is CCC(C)CCCCCCCCCCCCCCCCCCCCC(=O)O[C@H](COC(=O)CCCCCCCCCC(C)C)COP(=O)(O)O. The van der Waals surface area contributed by atoms with E-state index in [4.69, 9.17) is 19.3 Å². The van der Waals surface area contributed by atoms with Gasteiger partial charge in [-0.05, 0) is 24.7 Å². The van der Waals surface area contributed by atoms with Crippen molar-refractivity contribution in [2.75, 3.05) is 13.2 Å². The average Bonchev–Trinajstić information content (AvgIpc) is 3.07. The first-order chi connectivity index (χ1) is 24.0. The van der Waals surface area contributed by atoms with Crippen molar-refractivity contribution < 1.29 is 37.9 Å². The summed E-state index contributed by atoms with van der Waals surface area (Å²) in [4.78, 5) is 42.7. The first-order valence-corrected chi connectivity index (χ1v) is 22.6. The van der Waals surface area contributed by atoms with Gasteiger partial charge in [0.1, 0.15) is 6.61 Å². The molecule has 0 amide bonds. The van der Waals surface area contributed by atoms with Crippen LogP contribution >= 0.6 is 7.82 Å². The highest BCUT2D eigenvalue weighted by molar-refractivity contribution is 7.46. The molecule has 0 saturated carbocycles. The minimum atomic E-state index is -4.74. The zero-order valence-corrected chi connectivity index (χ0v) is 34.0. The van der Waals surface area contributed by atoms with Crippen LogP contribution in [0.5, 0.6) is 0 Å². The van der Waals surface area contributed by atoms with Crippen LogP contribution in [0, 0.1) is 11.8 Å². The highest BCUT2D eigenvalue weighted by atomic mass is 31.2. The number of hydrogen-bond acceptors (Lipinski definition) is 6. The van der Waals surface area contributed by atoms with Gasteiger partial charge >= 0.3 is 19.8 Å². The van der Waals surface area contributed by atoms with Crippen LogP contribution < -0.4 is 0 Å². The quantitative estimate of drug-likeness (QED) is 0.0366. The van der Waals surface area contributed by atoms with Crippen molar-refractivity contribution in [3.05, 3.63) is 0 Å². The minimum absolute atomic E-state index is 0.218. The topological polar surface area (TPSA) is 119 Å². The van der Waals surface area contributed by atoms with Gasteiger partial charge in [-0.15, -0.1) is 0 Å². The summed E-state index contributed by atoms with van der Waals surface area (Å²) in [6, 6.07) is 0. The Morgan fingerprint density at radius 3 is 1.26 bits per heavy atom. The fraction of sp³-hybridized carbons (Fsp3) is 0.951. The summed E-state index contributed by atoms with van der Waals surface area (Å²) in [6.07, 6.45) is 34.2. The van der Waals surface area contributed by atoms with Crippen LogP contribution in [0.1, 0.15) is 220 Å². The van der Waals surface area contributed by atoms with Gasteiger partial charge in [0, 0.05) is 12.8 Å². The maximum atomic E-state index is 12.4. The molecule has 298 valence electrons. The predicted octanol–water partition coefficient (Wildman–Crippen LogP) is 12.6. The molecule has 50 heavy (non-hydrogen) atoms. The number of carbonyl (C=O) groups excluding carboxylic acids is 2. The van der Waals surface area contributed by atoms with Crippen molar-refractivity contribution in [1.82, 2.24) is 0 Å². The van der Waals surface area contributed by atoms with Gasteiger partial charge in [-0.2, -0.15) is 0 Å². The van der Waals surface area contributed by atoms with Crippen LogP contribution in [0.15, 0.2) is 0 Å². The highest BCUT2D eigenvalue weighted by Crippen LogP contribution is 2.36. The number of phosphoric acid groups is 1. The molecule has 0 fully saturated rings. The number of rotatable bonds is 38. The van der Waals surface area contributed by atoms with Crippen molar-refractivity contribution in [2.24, 2.45) is 11.8 Å². The van der Waals surface area contributed by atoms with E-state index in [-0.39, 0.29) is 19.4 Å². The summed E-state index contributed by atoms with van der Waals surface area (Å²) < 4.78 is 26.3. The third-order valence-electron chi connectivity index (χ3n) is 9.84. The van der Waals surface area contributed by atoms with Crippen LogP contribution in [-0.2, 0) is 28.2 Å². The molecule has 0 saturated heterocycles. The Balaban J connectivity index is 3.80. The number of carbonyl (C=O) groups is 2. The van der Waals surface area contributed by atoms with Crippen LogP contribution in [0.3, 0.4) is 0 Å². The van der Waals surface area contributed by atoms with Gasteiger partial charge in [-0.3, -0.25) is 14.1 Å². The Hall–Kier alpha value is -0.950. The maximum absolute atomic E-state index is 12.4.